The fraction of sp³-hybridized carbons (Fsp3) is 0.273. The number of hydrogen-bond donors (Lipinski definition) is 0. The van der Waals surface area contributed by atoms with E-state index in [0.29, 0.717) is 0 Å². The second-order valence-electron chi connectivity index (χ2n) is 6.99. The molecule has 0 aromatic heterocycles. The van der Waals surface area contributed by atoms with Crippen molar-refractivity contribution in [3.63, 3.8) is 0 Å². The van der Waals surface area contributed by atoms with E-state index in [9.17, 15) is 16.8 Å². The SMILES string of the molecule is CC(C)=CC(C/C(C)=C\CS(=O)(=O)c1ccccc1)S(=O)(=O)c1ccccc1. The molecule has 0 fully saturated rings. The minimum Gasteiger partial charge on any atom is -0.223 e. The van der Waals surface area contributed by atoms with Gasteiger partial charge in [-0.2, -0.15) is 0 Å². The van der Waals surface area contributed by atoms with Crippen LogP contribution in [0, 0.1) is 0 Å². The van der Waals surface area contributed by atoms with Crippen LogP contribution < -0.4 is 0 Å². The molecule has 2 aromatic rings. The van der Waals surface area contributed by atoms with Gasteiger partial charge in [0.15, 0.2) is 19.7 Å². The van der Waals surface area contributed by atoms with Crippen LogP contribution in [0.15, 0.2) is 93.8 Å². The maximum absolute atomic E-state index is 13.0. The molecule has 0 saturated carbocycles. The van der Waals surface area contributed by atoms with Gasteiger partial charge < -0.3 is 0 Å². The molecule has 4 nitrogen and oxygen atoms in total. The Morgan fingerprint density at radius 1 is 0.821 bits per heavy atom. The number of allylic oxidation sites excluding steroid dienone is 2. The Labute approximate surface area is 168 Å². The van der Waals surface area contributed by atoms with Crippen LogP contribution in [0.25, 0.3) is 0 Å². The molecule has 1 unspecified atom stereocenters. The maximum atomic E-state index is 13.0. The summed E-state index contributed by atoms with van der Waals surface area (Å²) >= 11 is 0. The topological polar surface area (TPSA) is 68.3 Å². The fourth-order valence-corrected chi connectivity index (χ4v) is 5.88. The minimum absolute atomic E-state index is 0.157. The van der Waals surface area contributed by atoms with Gasteiger partial charge in [0.25, 0.3) is 0 Å². The molecule has 0 radical (unpaired) electrons. The zero-order valence-corrected chi connectivity index (χ0v) is 18.0. The van der Waals surface area contributed by atoms with Gasteiger partial charge in [0.1, 0.15) is 0 Å². The van der Waals surface area contributed by atoms with E-state index < -0.39 is 24.9 Å². The smallest absolute Gasteiger partial charge is 0.185 e. The van der Waals surface area contributed by atoms with Crippen molar-refractivity contribution >= 4 is 19.7 Å². The second kappa shape index (κ2) is 9.34. The lowest BCUT2D eigenvalue weighted by Gasteiger charge is -2.16. The van der Waals surface area contributed by atoms with E-state index in [-0.39, 0.29) is 22.0 Å². The quantitative estimate of drug-likeness (QED) is 0.587. The molecule has 0 amide bonds. The predicted molar refractivity (Wildman–Crippen MR) is 114 cm³/mol. The molecular weight excluding hydrogens is 392 g/mol. The Kier molecular flexibility index (Phi) is 7.38. The summed E-state index contributed by atoms with van der Waals surface area (Å²) < 4.78 is 51.0. The molecule has 2 aromatic carbocycles. The van der Waals surface area contributed by atoms with Crippen molar-refractivity contribution in [3.8, 4) is 0 Å². The molecule has 0 saturated heterocycles. The zero-order valence-electron chi connectivity index (χ0n) is 16.4. The highest BCUT2D eigenvalue weighted by molar-refractivity contribution is 7.92. The van der Waals surface area contributed by atoms with Crippen molar-refractivity contribution in [1.29, 1.82) is 0 Å². The first kappa shape index (κ1) is 22.1. The Hall–Kier alpha value is -2.18. The highest BCUT2D eigenvalue weighted by Gasteiger charge is 2.25. The average Bonchev–Trinajstić information content (AvgIpc) is 2.67. The van der Waals surface area contributed by atoms with Crippen molar-refractivity contribution in [2.24, 2.45) is 0 Å². The summed E-state index contributed by atoms with van der Waals surface area (Å²) in [5.41, 5.74) is 1.62. The third-order valence-electron chi connectivity index (χ3n) is 4.27. The molecule has 28 heavy (non-hydrogen) atoms. The molecule has 0 bridgehead atoms. The molecule has 0 aliphatic rings. The van der Waals surface area contributed by atoms with E-state index in [1.807, 2.05) is 13.8 Å². The molecule has 6 heteroatoms. The molecule has 0 aliphatic carbocycles. The van der Waals surface area contributed by atoms with Crippen LogP contribution in [0.2, 0.25) is 0 Å². The van der Waals surface area contributed by atoms with Gasteiger partial charge in [-0.3, -0.25) is 0 Å². The summed E-state index contributed by atoms with van der Waals surface area (Å²) in [5.74, 6) is -0.157. The van der Waals surface area contributed by atoms with Crippen molar-refractivity contribution in [3.05, 3.63) is 84.0 Å². The van der Waals surface area contributed by atoms with E-state index in [0.717, 1.165) is 11.1 Å². The normalized spacial score (nSPS) is 13.8. The van der Waals surface area contributed by atoms with Crippen molar-refractivity contribution in [2.75, 3.05) is 5.75 Å². The Balaban J connectivity index is 2.25. The minimum atomic E-state index is -3.56. The average molecular weight is 419 g/mol. The fourth-order valence-electron chi connectivity index (χ4n) is 2.79. The molecule has 0 aliphatic heterocycles. The van der Waals surface area contributed by atoms with E-state index in [4.69, 9.17) is 0 Å². The van der Waals surface area contributed by atoms with Gasteiger partial charge in [-0.15, -0.1) is 0 Å². The summed E-state index contributed by atoms with van der Waals surface area (Å²) in [5, 5.41) is -0.740. The standard InChI is InChI=1S/C22H26O4S2/c1-18(2)16-22(28(25,26)21-12-8-5-9-13-21)17-19(3)14-15-27(23,24)20-10-6-4-7-11-20/h4-14,16,22H,15,17H2,1-3H3/b19-14-. The molecular formula is C22H26O4S2. The Bertz CT molecular complexity index is 1050. The van der Waals surface area contributed by atoms with Gasteiger partial charge in [-0.1, -0.05) is 59.7 Å². The number of benzene rings is 2. The van der Waals surface area contributed by atoms with Crippen LogP contribution >= 0.6 is 0 Å². The van der Waals surface area contributed by atoms with Crippen molar-refractivity contribution in [1.82, 2.24) is 0 Å². The van der Waals surface area contributed by atoms with E-state index in [1.54, 1.807) is 79.7 Å². The van der Waals surface area contributed by atoms with Gasteiger partial charge in [-0.05, 0) is 51.5 Å². The van der Waals surface area contributed by atoms with Gasteiger partial charge in [0.2, 0.25) is 0 Å². The third kappa shape index (κ3) is 5.91. The highest BCUT2D eigenvalue weighted by Crippen LogP contribution is 2.23. The third-order valence-corrected chi connectivity index (χ3v) is 7.89. The first-order valence-electron chi connectivity index (χ1n) is 9.00. The molecule has 150 valence electrons. The highest BCUT2D eigenvalue weighted by atomic mass is 32.2. The number of sulfone groups is 2. The van der Waals surface area contributed by atoms with Crippen LogP contribution in [-0.2, 0) is 19.7 Å². The van der Waals surface area contributed by atoms with Crippen LogP contribution in [0.4, 0.5) is 0 Å². The summed E-state index contributed by atoms with van der Waals surface area (Å²) in [7, 11) is -7.01. The van der Waals surface area contributed by atoms with Crippen molar-refractivity contribution in [2.45, 2.75) is 42.2 Å². The van der Waals surface area contributed by atoms with Gasteiger partial charge >= 0.3 is 0 Å². The van der Waals surface area contributed by atoms with Crippen LogP contribution in [0.5, 0.6) is 0 Å². The molecule has 0 spiro atoms. The Morgan fingerprint density at radius 3 is 1.82 bits per heavy atom. The molecule has 0 heterocycles. The summed E-state index contributed by atoms with van der Waals surface area (Å²) in [6, 6.07) is 16.6. The Morgan fingerprint density at radius 2 is 1.32 bits per heavy atom. The second-order valence-corrected chi connectivity index (χ2v) is 11.2. The zero-order chi connectivity index (χ0) is 20.8. The maximum Gasteiger partial charge on any atom is 0.185 e. The lowest BCUT2D eigenvalue weighted by molar-refractivity contribution is 0.587. The van der Waals surface area contributed by atoms with E-state index in [1.165, 1.54) is 0 Å². The van der Waals surface area contributed by atoms with Crippen molar-refractivity contribution < 1.29 is 16.8 Å². The molecule has 2 rings (SSSR count). The molecule has 0 N–H and O–H groups in total. The van der Waals surface area contributed by atoms with Crippen LogP contribution in [-0.4, -0.2) is 27.8 Å². The lowest BCUT2D eigenvalue weighted by atomic mass is 10.1. The first-order chi connectivity index (χ1) is 13.1. The van der Waals surface area contributed by atoms with E-state index in [2.05, 4.69) is 0 Å². The van der Waals surface area contributed by atoms with Crippen LogP contribution in [0.1, 0.15) is 27.2 Å². The van der Waals surface area contributed by atoms with E-state index >= 15 is 0 Å². The number of rotatable bonds is 8. The predicted octanol–water partition coefficient (Wildman–Crippen LogP) is 4.61. The monoisotopic (exact) mass is 418 g/mol. The largest absolute Gasteiger partial charge is 0.223 e. The van der Waals surface area contributed by atoms with Crippen LogP contribution in [0.3, 0.4) is 0 Å². The molecule has 1 atom stereocenters. The summed E-state index contributed by atoms with van der Waals surface area (Å²) in [4.78, 5) is 0.527. The summed E-state index contributed by atoms with van der Waals surface area (Å²) in [6.07, 6.45) is 3.58. The number of hydrogen-bond acceptors (Lipinski definition) is 4. The lowest BCUT2D eigenvalue weighted by Crippen LogP contribution is -2.20. The van der Waals surface area contributed by atoms with Gasteiger partial charge in [0, 0.05) is 0 Å². The first-order valence-corrected chi connectivity index (χ1v) is 12.2. The van der Waals surface area contributed by atoms with Gasteiger partial charge in [-0.25, -0.2) is 16.8 Å². The summed E-state index contributed by atoms with van der Waals surface area (Å²) in [6.45, 7) is 5.48. The van der Waals surface area contributed by atoms with Gasteiger partial charge in [0.05, 0.1) is 20.8 Å².